The van der Waals surface area contributed by atoms with Crippen molar-refractivity contribution >= 4 is 34.2 Å². The van der Waals surface area contributed by atoms with Gasteiger partial charge in [0.05, 0.1) is 0 Å². The van der Waals surface area contributed by atoms with Crippen LogP contribution in [0.15, 0.2) is 60.7 Å². The lowest BCUT2D eigenvalue weighted by molar-refractivity contribution is -0.121. The molecular weight excluding hydrogens is 390 g/mol. The average Bonchev–Trinajstić information content (AvgIpc) is 2.78. The highest BCUT2D eigenvalue weighted by Crippen LogP contribution is 2.30. The van der Waals surface area contributed by atoms with Crippen molar-refractivity contribution in [3.05, 3.63) is 77.4 Å². The number of nitrogens with one attached hydrogen (secondary N) is 1. The molecule has 1 N–H and O–H groups in total. The van der Waals surface area contributed by atoms with Crippen molar-refractivity contribution in [2.45, 2.75) is 19.4 Å². The van der Waals surface area contributed by atoms with Gasteiger partial charge in [-0.3, -0.25) is 19.3 Å². The van der Waals surface area contributed by atoms with E-state index in [9.17, 15) is 14.4 Å². The first kappa shape index (κ1) is 20.6. The molecule has 158 valence electrons. The molecule has 0 fully saturated rings. The summed E-state index contributed by atoms with van der Waals surface area (Å²) in [5, 5.41) is 4.50. The van der Waals surface area contributed by atoms with Gasteiger partial charge in [-0.2, -0.15) is 0 Å². The van der Waals surface area contributed by atoms with Gasteiger partial charge in [0.15, 0.2) is 0 Å². The number of imide groups is 1. The van der Waals surface area contributed by atoms with Crippen molar-refractivity contribution in [2.75, 3.05) is 25.5 Å². The molecule has 6 nitrogen and oxygen atoms in total. The summed E-state index contributed by atoms with van der Waals surface area (Å²) in [4.78, 5) is 41.3. The van der Waals surface area contributed by atoms with Gasteiger partial charge in [0.1, 0.15) is 0 Å². The van der Waals surface area contributed by atoms with Crippen molar-refractivity contribution in [3.63, 3.8) is 0 Å². The number of anilines is 1. The van der Waals surface area contributed by atoms with Crippen LogP contribution in [-0.2, 0) is 11.3 Å². The minimum atomic E-state index is -0.296. The number of hydrogen-bond acceptors (Lipinski definition) is 4. The minimum Gasteiger partial charge on any atom is -0.378 e. The molecule has 1 heterocycles. The first-order valence-electron chi connectivity index (χ1n) is 10.4. The first-order valence-corrected chi connectivity index (χ1v) is 10.4. The van der Waals surface area contributed by atoms with Crippen LogP contribution in [0, 0.1) is 0 Å². The zero-order valence-electron chi connectivity index (χ0n) is 17.7. The topological polar surface area (TPSA) is 69.7 Å². The highest BCUT2D eigenvalue weighted by Gasteiger charge is 2.32. The Morgan fingerprint density at radius 3 is 2.10 bits per heavy atom. The van der Waals surface area contributed by atoms with Crippen LogP contribution in [0.1, 0.15) is 39.1 Å². The van der Waals surface area contributed by atoms with E-state index in [2.05, 4.69) is 5.32 Å². The minimum absolute atomic E-state index is 0.101. The maximum Gasteiger partial charge on any atom is 0.261 e. The van der Waals surface area contributed by atoms with E-state index < -0.39 is 0 Å². The van der Waals surface area contributed by atoms with E-state index >= 15 is 0 Å². The second-order valence-corrected chi connectivity index (χ2v) is 7.91. The van der Waals surface area contributed by atoms with Crippen LogP contribution in [0.2, 0.25) is 0 Å². The summed E-state index contributed by atoms with van der Waals surface area (Å²) in [6, 6.07) is 18.9. The quantitative estimate of drug-likeness (QED) is 0.599. The number of hydrogen-bond donors (Lipinski definition) is 1. The number of rotatable bonds is 7. The van der Waals surface area contributed by atoms with E-state index in [1.807, 2.05) is 67.5 Å². The summed E-state index contributed by atoms with van der Waals surface area (Å²) < 4.78 is 0. The van der Waals surface area contributed by atoms with Crippen LogP contribution in [0.3, 0.4) is 0 Å². The third kappa shape index (κ3) is 4.14. The van der Waals surface area contributed by atoms with Gasteiger partial charge in [-0.25, -0.2) is 0 Å². The van der Waals surface area contributed by atoms with Gasteiger partial charge in [0, 0.05) is 55.8 Å². The predicted octanol–water partition coefficient (Wildman–Crippen LogP) is 3.60. The standard InChI is InChI=1S/C25H25N3O3/c1-27(2)19-13-11-17(12-14-19)16-26-22(29)10-5-15-28-24(30)20-8-3-6-18-7-4-9-21(23(18)20)25(28)31/h3-4,6-9,11-14H,5,10,15-16H2,1-2H3,(H,26,29). The first-order chi connectivity index (χ1) is 15.0. The Morgan fingerprint density at radius 2 is 1.52 bits per heavy atom. The molecule has 0 aromatic heterocycles. The number of nitrogens with zero attached hydrogens (tertiary/aromatic N) is 2. The Kier molecular flexibility index (Phi) is 5.71. The van der Waals surface area contributed by atoms with E-state index in [0.717, 1.165) is 16.6 Å². The van der Waals surface area contributed by atoms with Crippen molar-refractivity contribution in [1.29, 1.82) is 0 Å². The van der Waals surface area contributed by atoms with Gasteiger partial charge in [-0.05, 0) is 41.6 Å². The lowest BCUT2D eigenvalue weighted by Crippen LogP contribution is -2.41. The zero-order chi connectivity index (χ0) is 22.0. The van der Waals surface area contributed by atoms with E-state index in [-0.39, 0.29) is 30.7 Å². The van der Waals surface area contributed by atoms with Crippen LogP contribution in [0.25, 0.3) is 10.8 Å². The fourth-order valence-electron chi connectivity index (χ4n) is 3.88. The van der Waals surface area contributed by atoms with Crippen LogP contribution >= 0.6 is 0 Å². The lowest BCUT2D eigenvalue weighted by atomic mass is 9.94. The molecule has 0 saturated carbocycles. The Hall–Kier alpha value is -3.67. The van der Waals surface area contributed by atoms with Crippen LogP contribution in [0.5, 0.6) is 0 Å². The highest BCUT2D eigenvalue weighted by atomic mass is 16.2. The predicted molar refractivity (Wildman–Crippen MR) is 121 cm³/mol. The van der Waals surface area contributed by atoms with Gasteiger partial charge in [-0.15, -0.1) is 0 Å². The summed E-state index contributed by atoms with van der Waals surface area (Å²) in [5.74, 6) is -0.692. The second kappa shape index (κ2) is 8.60. The summed E-state index contributed by atoms with van der Waals surface area (Å²) in [6.45, 7) is 0.664. The molecule has 1 aliphatic rings. The number of amides is 3. The van der Waals surface area contributed by atoms with Crippen molar-refractivity contribution in [3.8, 4) is 0 Å². The summed E-state index contributed by atoms with van der Waals surface area (Å²) >= 11 is 0. The van der Waals surface area contributed by atoms with Crippen molar-refractivity contribution < 1.29 is 14.4 Å². The van der Waals surface area contributed by atoms with Crippen LogP contribution in [-0.4, -0.2) is 43.3 Å². The van der Waals surface area contributed by atoms with E-state index in [4.69, 9.17) is 0 Å². The largest absolute Gasteiger partial charge is 0.378 e. The van der Waals surface area contributed by atoms with Gasteiger partial charge >= 0.3 is 0 Å². The molecule has 0 spiro atoms. The number of carbonyl (C=O) groups is 3. The Bertz CT molecular complexity index is 1100. The van der Waals surface area contributed by atoms with Crippen molar-refractivity contribution in [2.24, 2.45) is 0 Å². The Balaban J connectivity index is 1.33. The van der Waals surface area contributed by atoms with E-state index in [1.165, 1.54) is 4.90 Å². The molecule has 0 atom stereocenters. The maximum atomic E-state index is 12.9. The molecular formula is C25H25N3O3. The Labute approximate surface area is 181 Å². The van der Waals surface area contributed by atoms with Crippen molar-refractivity contribution in [1.82, 2.24) is 10.2 Å². The third-order valence-electron chi connectivity index (χ3n) is 5.58. The summed E-state index contributed by atoms with van der Waals surface area (Å²) in [7, 11) is 3.96. The summed E-state index contributed by atoms with van der Waals surface area (Å²) in [5.41, 5.74) is 3.20. The normalized spacial score (nSPS) is 12.9. The van der Waals surface area contributed by atoms with E-state index in [0.29, 0.717) is 29.5 Å². The van der Waals surface area contributed by atoms with Crippen LogP contribution in [0.4, 0.5) is 5.69 Å². The SMILES string of the molecule is CN(C)c1ccc(CNC(=O)CCCN2C(=O)c3cccc4cccc(c34)C2=O)cc1. The summed E-state index contributed by atoms with van der Waals surface area (Å²) in [6.07, 6.45) is 0.666. The highest BCUT2D eigenvalue weighted by molar-refractivity contribution is 6.25. The van der Waals surface area contributed by atoms with Gasteiger partial charge in [-0.1, -0.05) is 36.4 Å². The molecule has 0 radical (unpaired) electrons. The van der Waals surface area contributed by atoms with Gasteiger partial charge < -0.3 is 10.2 Å². The van der Waals surface area contributed by atoms with Crippen LogP contribution < -0.4 is 10.2 Å². The molecule has 1 aliphatic heterocycles. The number of carbonyl (C=O) groups excluding carboxylic acids is 3. The van der Waals surface area contributed by atoms with Gasteiger partial charge in [0.2, 0.25) is 5.91 Å². The number of benzene rings is 3. The molecule has 0 saturated heterocycles. The molecule has 3 aromatic rings. The van der Waals surface area contributed by atoms with Gasteiger partial charge in [0.25, 0.3) is 11.8 Å². The molecule has 0 unspecified atom stereocenters. The fraction of sp³-hybridized carbons (Fsp3) is 0.240. The third-order valence-corrected chi connectivity index (χ3v) is 5.58. The monoisotopic (exact) mass is 415 g/mol. The smallest absolute Gasteiger partial charge is 0.261 e. The molecule has 6 heteroatoms. The molecule has 4 rings (SSSR count). The Morgan fingerprint density at radius 1 is 0.903 bits per heavy atom. The molecule has 0 aliphatic carbocycles. The molecule has 3 aromatic carbocycles. The average molecular weight is 415 g/mol. The second-order valence-electron chi connectivity index (χ2n) is 7.91. The molecule has 31 heavy (non-hydrogen) atoms. The maximum absolute atomic E-state index is 12.9. The lowest BCUT2D eigenvalue weighted by Gasteiger charge is -2.27. The fourth-order valence-corrected chi connectivity index (χ4v) is 3.88. The van der Waals surface area contributed by atoms with E-state index in [1.54, 1.807) is 12.1 Å². The molecule has 3 amide bonds. The zero-order valence-corrected chi connectivity index (χ0v) is 17.7. The molecule has 0 bridgehead atoms.